The molecule has 36 heavy (non-hydrogen) atoms. The van der Waals surface area contributed by atoms with Crippen LogP contribution in [0.3, 0.4) is 0 Å². The van der Waals surface area contributed by atoms with Crippen molar-refractivity contribution in [3.05, 3.63) is 71.8 Å². The molecule has 0 unspecified atom stereocenters. The molecule has 0 N–H and O–H groups in total. The minimum atomic E-state index is -0.488. The van der Waals surface area contributed by atoms with Gasteiger partial charge in [-0.2, -0.15) is 0 Å². The number of benzene rings is 2. The summed E-state index contributed by atoms with van der Waals surface area (Å²) in [6.45, 7) is 7.84. The highest BCUT2D eigenvalue weighted by molar-refractivity contribution is 6.05. The first-order valence-electron chi connectivity index (χ1n) is 12.6. The predicted octanol–water partition coefficient (Wildman–Crippen LogP) is 7.14. The number of aromatic nitrogens is 2. The van der Waals surface area contributed by atoms with Gasteiger partial charge in [-0.25, -0.2) is 19.6 Å². The molecule has 2 atom stereocenters. The van der Waals surface area contributed by atoms with Crippen LogP contribution in [0.5, 0.6) is 0 Å². The molecule has 2 aromatic carbocycles. The summed E-state index contributed by atoms with van der Waals surface area (Å²) < 4.78 is 11.5. The normalized spacial score (nSPS) is 12.9. The van der Waals surface area contributed by atoms with Crippen LogP contribution in [0.1, 0.15) is 74.1 Å². The van der Waals surface area contributed by atoms with E-state index in [2.05, 4.69) is 0 Å². The molecule has 0 radical (unpaired) electrons. The fourth-order valence-corrected chi connectivity index (χ4v) is 4.33. The Morgan fingerprint density at radius 2 is 1.08 bits per heavy atom. The van der Waals surface area contributed by atoms with Gasteiger partial charge in [0, 0.05) is 10.8 Å². The van der Waals surface area contributed by atoms with Gasteiger partial charge in [0.25, 0.3) is 0 Å². The number of fused-ring (bicyclic) bond motifs is 2. The third-order valence-electron chi connectivity index (χ3n) is 6.12. The monoisotopic (exact) mass is 484 g/mol. The van der Waals surface area contributed by atoms with Crippen molar-refractivity contribution < 1.29 is 19.1 Å². The Bertz CT molecular complexity index is 1290. The smallest absolute Gasteiger partial charge is 0.340 e. The van der Waals surface area contributed by atoms with Crippen molar-refractivity contribution in [2.75, 3.05) is 0 Å². The van der Waals surface area contributed by atoms with Gasteiger partial charge >= 0.3 is 11.9 Å². The van der Waals surface area contributed by atoms with E-state index in [0.29, 0.717) is 22.4 Å². The molecular formula is C30H32N2O4. The van der Waals surface area contributed by atoms with Crippen molar-refractivity contribution in [3.8, 4) is 11.4 Å². The molecule has 0 fully saturated rings. The van der Waals surface area contributed by atoms with E-state index in [-0.39, 0.29) is 23.3 Å². The van der Waals surface area contributed by atoms with Gasteiger partial charge in [0.15, 0.2) is 0 Å². The molecule has 0 saturated carbocycles. The summed E-state index contributed by atoms with van der Waals surface area (Å²) in [5.41, 5.74) is 2.55. The lowest BCUT2D eigenvalue weighted by atomic mass is 10.0. The van der Waals surface area contributed by atoms with Gasteiger partial charge in [-0.15, -0.1) is 0 Å². The van der Waals surface area contributed by atoms with E-state index in [0.717, 1.165) is 36.5 Å². The summed E-state index contributed by atoms with van der Waals surface area (Å²) >= 11 is 0. The number of rotatable bonds is 9. The Hall–Kier alpha value is -3.80. The summed E-state index contributed by atoms with van der Waals surface area (Å²) in [5, 5.41) is 1.61. The first-order chi connectivity index (χ1) is 17.4. The van der Waals surface area contributed by atoms with Crippen LogP contribution in [0.2, 0.25) is 0 Å². The summed E-state index contributed by atoms with van der Waals surface area (Å²) in [5.74, 6) is -0.976. The number of esters is 2. The van der Waals surface area contributed by atoms with Crippen molar-refractivity contribution in [3.63, 3.8) is 0 Å². The minimum absolute atomic E-state index is 0.245. The standard InChI is InChI=1S/C30H32N2O4/c1-5-11-19(3)35-29(33)23-17-21-13-7-9-15-25(21)31-27(23)28-24(30(34)36-20(4)12-6-2)18-22-14-8-10-16-26(22)32-28/h7-10,13-20H,5-6,11-12H2,1-4H3/t19-,20+. The zero-order chi connectivity index (χ0) is 25.7. The molecule has 0 bridgehead atoms. The number of pyridine rings is 2. The van der Waals surface area contributed by atoms with Crippen LogP contribution < -0.4 is 0 Å². The van der Waals surface area contributed by atoms with E-state index in [4.69, 9.17) is 19.4 Å². The molecule has 4 rings (SSSR count). The lowest BCUT2D eigenvalue weighted by Crippen LogP contribution is -2.18. The molecule has 0 saturated heterocycles. The van der Waals surface area contributed by atoms with Crippen molar-refractivity contribution in [1.29, 1.82) is 0 Å². The average molecular weight is 485 g/mol. The molecule has 0 aliphatic rings. The van der Waals surface area contributed by atoms with Crippen LogP contribution >= 0.6 is 0 Å². The molecule has 6 nitrogen and oxygen atoms in total. The Balaban J connectivity index is 1.92. The summed E-state index contributed by atoms with van der Waals surface area (Å²) in [6.07, 6.45) is 2.81. The first kappa shape index (κ1) is 25.3. The molecule has 0 amide bonds. The number of hydrogen-bond donors (Lipinski definition) is 0. The number of hydrogen-bond acceptors (Lipinski definition) is 6. The zero-order valence-electron chi connectivity index (χ0n) is 21.3. The maximum atomic E-state index is 13.4. The number of nitrogens with zero attached hydrogens (tertiary/aromatic N) is 2. The number of carbonyl (C=O) groups is 2. The maximum Gasteiger partial charge on any atom is 0.340 e. The van der Waals surface area contributed by atoms with Gasteiger partial charge < -0.3 is 9.47 Å². The lowest BCUT2D eigenvalue weighted by Gasteiger charge is -2.17. The highest BCUT2D eigenvalue weighted by Crippen LogP contribution is 2.31. The van der Waals surface area contributed by atoms with E-state index in [1.807, 2.05) is 76.2 Å². The van der Waals surface area contributed by atoms with Gasteiger partial charge in [0.2, 0.25) is 0 Å². The van der Waals surface area contributed by atoms with E-state index < -0.39 is 11.9 Å². The van der Waals surface area contributed by atoms with Crippen molar-refractivity contribution in [2.45, 2.75) is 65.6 Å². The molecule has 2 heterocycles. The van der Waals surface area contributed by atoms with Gasteiger partial charge in [-0.05, 0) is 51.0 Å². The Morgan fingerprint density at radius 1 is 0.694 bits per heavy atom. The fraction of sp³-hybridized carbons (Fsp3) is 0.333. The van der Waals surface area contributed by atoms with E-state index in [1.165, 1.54) is 0 Å². The van der Waals surface area contributed by atoms with Gasteiger partial charge in [-0.1, -0.05) is 63.1 Å². The maximum absolute atomic E-state index is 13.4. The van der Waals surface area contributed by atoms with E-state index in [9.17, 15) is 9.59 Å². The van der Waals surface area contributed by atoms with Crippen molar-refractivity contribution in [2.24, 2.45) is 0 Å². The Morgan fingerprint density at radius 3 is 1.47 bits per heavy atom. The number of para-hydroxylation sites is 2. The van der Waals surface area contributed by atoms with Crippen LogP contribution in [0.4, 0.5) is 0 Å². The SMILES string of the molecule is CCC[C@@H](C)OC(=O)c1cc2ccccc2nc1-c1nc2ccccc2cc1C(=O)O[C@@H](C)CCC. The third kappa shape index (κ3) is 5.54. The molecule has 186 valence electrons. The number of ether oxygens (including phenoxy) is 2. The average Bonchev–Trinajstić information content (AvgIpc) is 2.87. The Labute approximate surface area is 211 Å². The van der Waals surface area contributed by atoms with Gasteiger partial charge in [-0.3, -0.25) is 0 Å². The van der Waals surface area contributed by atoms with Crippen molar-refractivity contribution in [1.82, 2.24) is 9.97 Å². The predicted molar refractivity (Wildman–Crippen MR) is 142 cm³/mol. The lowest BCUT2D eigenvalue weighted by molar-refractivity contribution is 0.0311. The third-order valence-corrected chi connectivity index (χ3v) is 6.12. The van der Waals surface area contributed by atoms with Crippen LogP contribution in [-0.2, 0) is 9.47 Å². The van der Waals surface area contributed by atoms with Gasteiger partial charge in [0.05, 0.1) is 34.4 Å². The van der Waals surface area contributed by atoms with Gasteiger partial charge in [0.1, 0.15) is 11.4 Å². The highest BCUT2D eigenvalue weighted by Gasteiger charge is 2.26. The summed E-state index contributed by atoms with van der Waals surface area (Å²) in [7, 11) is 0. The van der Waals surface area contributed by atoms with Crippen LogP contribution in [0.25, 0.3) is 33.2 Å². The van der Waals surface area contributed by atoms with Crippen LogP contribution in [-0.4, -0.2) is 34.1 Å². The van der Waals surface area contributed by atoms with E-state index in [1.54, 1.807) is 12.1 Å². The minimum Gasteiger partial charge on any atom is -0.459 e. The molecule has 2 aromatic heterocycles. The first-order valence-corrected chi connectivity index (χ1v) is 12.6. The van der Waals surface area contributed by atoms with Crippen LogP contribution in [0.15, 0.2) is 60.7 Å². The quantitative estimate of drug-likeness (QED) is 0.235. The topological polar surface area (TPSA) is 78.4 Å². The molecule has 0 spiro atoms. The second-order valence-electron chi connectivity index (χ2n) is 9.16. The molecular weight excluding hydrogens is 452 g/mol. The number of carbonyl (C=O) groups excluding carboxylic acids is 2. The largest absolute Gasteiger partial charge is 0.459 e. The fourth-order valence-electron chi connectivity index (χ4n) is 4.33. The zero-order valence-corrected chi connectivity index (χ0v) is 21.3. The molecule has 6 heteroatoms. The second-order valence-corrected chi connectivity index (χ2v) is 9.16. The van der Waals surface area contributed by atoms with E-state index >= 15 is 0 Å². The molecule has 0 aliphatic heterocycles. The second kappa shape index (κ2) is 11.3. The summed E-state index contributed by atoms with van der Waals surface area (Å²) in [4.78, 5) is 36.4. The highest BCUT2D eigenvalue weighted by atomic mass is 16.5. The molecule has 4 aromatic rings. The van der Waals surface area contributed by atoms with Crippen molar-refractivity contribution >= 4 is 33.7 Å². The van der Waals surface area contributed by atoms with Crippen LogP contribution in [0, 0.1) is 0 Å². The summed E-state index contributed by atoms with van der Waals surface area (Å²) in [6, 6.07) is 18.6. The Kier molecular flexibility index (Phi) is 7.93. The molecule has 0 aliphatic carbocycles.